The Morgan fingerprint density at radius 2 is 1.83 bits per heavy atom. The summed E-state index contributed by atoms with van der Waals surface area (Å²) in [4.78, 5) is 41.0. The van der Waals surface area contributed by atoms with E-state index in [0.717, 1.165) is 5.56 Å². The monoisotopic (exact) mass is 414 g/mol. The van der Waals surface area contributed by atoms with E-state index >= 15 is 0 Å². The molecule has 1 saturated heterocycles. The van der Waals surface area contributed by atoms with Crippen LogP contribution < -0.4 is 0 Å². The summed E-state index contributed by atoms with van der Waals surface area (Å²) in [6, 6.07) is 11.6. The molecule has 0 aliphatic carbocycles. The number of likely N-dealkylation sites (tertiary alicyclic amines) is 1. The van der Waals surface area contributed by atoms with E-state index in [0.29, 0.717) is 37.4 Å². The molecule has 0 unspecified atom stereocenters. The third kappa shape index (κ3) is 5.67. The van der Waals surface area contributed by atoms with Crippen LogP contribution in [0.2, 0.25) is 0 Å². The van der Waals surface area contributed by atoms with Crippen molar-refractivity contribution in [1.29, 1.82) is 0 Å². The summed E-state index contributed by atoms with van der Waals surface area (Å²) in [6.45, 7) is 3.28. The first kappa shape index (κ1) is 21.0. The van der Waals surface area contributed by atoms with Crippen molar-refractivity contribution < 1.29 is 19.1 Å². The van der Waals surface area contributed by atoms with Gasteiger partial charge in [-0.15, -0.1) is 11.3 Å². The minimum atomic E-state index is -0.356. The molecular formula is C22H26N2O4S. The quantitative estimate of drug-likeness (QED) is 0.681. The molecule has 1 aliphatic rings. The van der Waals surface area contributed by atoms with Crippen LogP contribution in [-0.4, -0.2) is 54.3 Å². The molecule has 0 saturated carbocycles. The maximum atomic E-state index is 12.4. The number of aryl methyl sites for hydroxylation is 1. The molecule has 0 radical (unpaired) electrons. The molecule has 0 N–H and O–H groups in total. The molecule has 2 aromatic rings. The van der Waals surface area contributed by atoms with Crippen LogP contribution in [0.3, 0.4) is 0 Å². The van der Waals surface area contributed by atoms with Gasteiger partial charge in [0.05, 0.1) is 10.8 Å². The topological polar surface area (TPSA) is 66.9 Å². The second kappa shape index (κ2) is 9.69. The van der Waals surface area contributed by atoms with E-state index in [2.05, 4.69) is 0 Å². The van der Waals surface area contributed by atoms with Crippen LogP contribution in [0.4, 0.5) is 0 Å². The van der Waals surface area contributed by atoms with E-state index in [9.17, 15) is 14.4 Å². The van der Waals surface area contributed by atoms with E-state index in [1.54, 1.807) is 16.8 Å². The van der Waals surface area contributed by atoms with Crippen LogP contribution in [0, 0.1) is 12.8 Å². The zero-order valence-corrected chi connectivity index (χ0v) is 17.6. The molecule has 0 bridgehead atoms. The van der Waals surface area contributed by atoms with E-state index in [1.807, 2.05) is 48.7 Å². The van der Waals surface area contributed by atoms with Crippen molar-refractivity contribution in [2.45, 2.75) is 26.3 Å². The highest BCUT2D eigenvalue weighted by Gasteiger charge is 2.29. The largest absolute Gasteiger partial charge is 0.455 e. The van der Waals surface area contributed by atoms with Gasteiger partial charge < -0.3 is 14.5 Å². The lowest BCUT2D eigenvalue weighted by atomic mass is 9.97. The smallest absolute Gasteiger partial charge is 0.309 e. The summed E-state index contributed by atoms with van der Waals surface area (Å²) in [5.74, 6) is -0.841. The molecule has 7 heteroatoms. The number of carbonyl (C=O) groups is 3. The van der Waals surface area contributed by atoms with Crippen molar-refractivity contribution in [2.75, 3.05) is 26.7 Å². The number of carbonyl (C=O) groups excluding carboxylic acids is 3. The molecule has 2 amide bonds. The predicted octanol–water partition coefficient (Wildman–Crippen LogP) is 3.11. The minimum Gasteiger partial charge on any atom is -0.455 e. The highest BCUT2D eigenvalue weighted by atomic mass is 32.1. The lowest BCUT2D eigenvalue weighted by Gasteiger charge is -2.30. The normalized spacial score (nSPS) is 14.5. The summed E-state index contributed by atoms with van der Waals surface area (Å²) in [7, 11) is 1.70. The zero-order valence-electron chi connectivity index (χ0n) is 16.8. The molecular weight excluding hydrogens is 388 g/mol. The Bertz CT molecular complexity index is 840. The number of nitrogens with zero attached hydrogens (tertiary/aromatic N) is 2. The number of hydrogen-bond acceptors (Lipinski definition) is 5. The fraction of sp³-hybridized carbons (Fsp3) is 0.409. The lowest BCUT2D eigenvalue weighted by molar-refractivity contribution is -0.156. The van der Waals surface area contributed by atoms with E-state index in [4.69, 9.17) is 4.74 Å². The summed E-state index contributed by atoms with van der Waals surface area (Å²) >= 11 is 1.42. The average Bonchev–Trinajstić information content (AvgIpc) is 3.28. The van der Waals surface area contributed by atoms with Gasteiger partial charge in [0.1, 0.15) is 0 Å². The highest BCUT2D eigenvalue weighted by Crippen LogP contribution is 2.21. The molecule has 0 atom stereocenters. The van der Waals surface area contributed by atoms with Gasteiger partial charge in [-0.3, -0.25) is 14.4 Å². The summed E-state index contributed by atoms with van der Waals surface area (Å²) in [6.07, 6.45) is 1.12. The molecule has 1 fully saturated rings. The lowest BCUT2D eigenvalue weighted by Crippen LogP contribution is -2.41. The van der Waals surface area contributed by atoms with E-state index in [1.165, 1.54) is 16.9 Å². The SMILES string of the molecule is Cc1ccc(CN(C)C(=O)COC(=O)C2CCN(C(=O)c3cccs3)CC2)cc1. The Morgan fingerprint density at radius 3 is 2.45 bits per heavy atom. The number of likely N-dealkylation sites (N-methyl/N-ethyl adjacent to an activating group) is 1. The number of hydrogen-bond donors (Lipinski definition) is 0. The van der Waals surface area contributed by atoms with Crippen molar-refractivity contribution >= 4 is 29.1 Å². The number of ether oxygens (including phenoxy) is 1. The third-order valence-corrected chi connectivity index (χ3v) is 6.01. The Hall–Kier alpha value is -2.67. The Labute approximate surface area is 175 Å². The van der Waals surface area contributed by atoms with Crippen LogP contribution in [0.1, 0.15) is 33.6 Å². The summed E-state index contributed by atoms with van der Waals surface area (Å²) in [5, 5.41) is 1.88. The van der Waals surface area contributed by atoms with E-state index in [-0.39, 0.29) is 30.3 Å². The van der Waals surface area contributed by atoms with Crippen molar-refractivity contribution in [1.82, 2.24) is 9.80 Å². The van der Waals surface area contributed by atoms with Crippen molar-refractivity contribution in [2.24, 2.45) is 5.92 Å². The third-order valence-electron chi connectivity index (χ3n) is 5.15. The molecule has 6 nitrogen and oxygen atoms in total. The predicted molar refractivity (Wildman–Crippen MR) is 112 cm³/mol. The van der Waals surface area contributed by atoms with Gasteiger partial charge in [-0.1, -0.05) is 35.9 Å². The number of esters is 1. The molecule has 154 valence electrons. The Balaban J connectivity index is 1.40. The first-order valence-electron chi connectivity index (χ1n) is 9.73. The summed E-state index contributed by atoms with van der Waals surface area (Å²) in [5.41, 5.74) is 2.19. The molecule has 0 spiro atoms. The fourth-order valence-electron chi connectivity index (χ4n) is 3.29. The average molecular weight is 415 g/mol. The van der Waals surface area contributed by atoms with Gasteiger partial charge in [-0.05, 0) is 36.8 Å². The number of piperidine rings is 1. The second-order valence-corrected chi connectivity index (χ2v) is 8.33. The number of benzene rings is 1. The number of rotatable bonds is 6. The number of thiophene rings is 1. The molecule has 3 rings (SSSR count). The maximum Gasteiger partial charge on any atom is 0.309 e. The minimum absolute atomic E-state index is 0.0136. The van der Waals surface area contributed by atoms with Gasteiger partial charge in [0.25, 0.3) is 11.8 Å². The molecule has 1 aromatic heterocycles. The van der Waals surface area contributed by atoms with Crippen LogP contribution >= 0.6 is 11.3 Å². The Kier molecular flexibility index (Phi) is 7.04. The number of amides is 2. The van der Waals surface area contributed by atoms with Gasteiger partial charge in [-0.2, -0.15) is 0 Å². The first-order chi connectivity index (χ1) is 13.9. The van der Waals surface area contributed by atoms with Gasteiger partial charge >= 0.3 is 5.97 Å². The maximum absolute atomic E-state index is 12.4. The van der Waals surface area contributed by atoms with Gasteiger partial charge in [0.2, 0.25) is 0 Å². The first-order valence-corrected chi connectivity index (χ1v) is 10.6. The molecule has 1 aliphatic heterocycles. The highest BCUT2D eigenvalue weighted by molar-refractivity contribution is 7.12. The molecule has 29 heavy (non-hydrogen) atoms. The molecule has 2 heterocycles. The van der Waals surface area contributed by atoms with Gasteiger partial charge in [0.15, 0.2) is 6.61 Å². The van der Waals surface area contributed by atoms with Crippen molar-refractivity contribution in [3.8, 4) is 0 Å². The standard InChI is InChI=1S/C22H26N2O4S/c1-16-5-7-17(8-6-16)14-23(2)20(25)15-28-22(27)18-9-11-24(12-10-18)21(26)19-4-3-13-29-19/h3-8,13,18H,9-12,14-15H2,1-2H3. The van der Waals surface area contributed by atoms with Gasteiger partial charge in [-0.25, -0.2) is 0 Å². The van der Waals surface area contributed by atoms with Crippen molar-refractivity contribution in [3.63, 3.8) is 0 Å². The van der Waals surface area contributed by atoms with Crippen LogP contribution in [0.5, 0.6) is 0 Å². The van der Waals surface area contributed by atoms with Crippen LogP contribution in [0.25, 0.3) is 0 Å². The van der Waals surface area contributed by atoms with Crippen molar-refractivity contribution in [3.05, 3.63) is 57.8 Å². The second-order valence-electron chi connectivity index (χ2n) is 7.39. The fourth-order valence-corrected chi connectivity index (χ4v) is 3.98. The van der Waals surface area contributed by atoms with Gasteiger partial charge in [0, 0.05) is 26.7 Å². The zero-order chi connectivity index (χ0) is 20.8. The summed E-state index contributed by atoms with van der Waals surface area (Å²) < 4.78 is 5.26. The van der Waals surface area contributed by atoms with Crippen LogP contribution in [-0.2, 0) is 20.9 Å². The van der Waals surface area contributed by atoms with E-state index < -0.39 is 0 Å². The molecule has 1 aromatic carbocycles. The Morgan fingerprint density at radius 1 is 1.14 bits per heavy atom. The van der Waals surface area contributed by atoms with Crippen LogP contribution in [0.15, 0.2) is 41.8 Å².